The summed E-state index contributed by atoms with van der Waals surface area (Å²) in [5, 5.41) is 18.7. The van der Waals surface area contributed by atoms with Crippen molar-refractivity contribution in [3.63, 3.8) is 0 Å². The Labute approximate surface area is 126 Å². The Kier molecular flexibility index (Phi) is 3.51. The van der Waals surface area contributed by atoms with Gasteiger partial charge in [0.2, 0.25) is 0 Å². The molecule has 0 amide bonds. The van der Waals surface area contributed by atoms with Crippen molar-refractivity contribution in [3.05, 3.63) is 60.2 Å². The molecule has 3 rings (SSSR count). The molecule has 0 N–H and O–H groups in total. The highest BCUT2D eigenvalue weighted by molar-refractivity contribution is 5.68. The minimum atomic E-state index is 0.110. The first-order chi connectivity index (χ1) is 10.8. The van der Waals surface area contributed by atoms with Gasteiger partial charge in [0.05, 0.1) is 11.4 Å². The minimum absolute atomic E-state index is 0.110. The quantitative estimate of drug-likeness (QED) is 0.716. The second kappa shape index (κ2) is 5.78. The molecule has 0 unspecified atom stereocenters. The molecule has 0 spiro atoms. The first-order valence-corrected chi connectivity index (χ1v) is 6.38. The lowest BCUT2D eigenvalue weighted by atomic mass is 10.1. The zero-order valence-electron chi connectivity index (χ0n) is 11.3. The van der Waals surface area contributed by atoms with E-state index in [0.29, 0.717) is 22.8 Å². The summed E-state index contributed by atoms with van der Waals surface area (Å²) in [6, 6.07) is 14.5. The van der Waals surface area contributed by atoms with Crippen LogP contribution in [0.25, 0.3) is 22.8 Å². The molecule has 3 heterocycles. The number of pyridine rings is 2. The van der Waals surface area contributed by atoms with E-state index in [-0.39, 0.29) is 11.4 Å². The predicted molar refractivity (Wildman–Crippen MR) is 77.9 cm³/mol. The summed E-state index contributed by atoms with van der Waals surface area (Å²) in [6.45, 7) is 0. The number of nitrogens with zero attached hydrogens (tertiary/aromatic N) is 6. The third-order valence-electron chi connectivity index (χ3n) is 2.92. The molecule has 3 aromatic heterocycles. The van der Waals surface area contributed by atoms with Crippen molar-refractivity contribution in [2.45, 2.75) is 0 Å². The van der Waals surface area contributed by atoms with Crippen molar-refractivity contribution in [1.82, 2.24) is 19.9 Å². The van der Waals surface area contributed by atoms with E-state index >= 15 is 0 Å². The van der Waals surface area contributed by atoms with E-state index in [9.17, 15) is 10.5 Å². The molecule has 6 nitrogen and oxygen atoms in total. The van der Waals surface area contributed by atoms with Crippen LogP contribution in [-0.4, -0.2) is 19.9 Å². The summed E-state index contributed by atoms with van der Waals surface area (Å²) in [5.74, 6) is 0. The van der Waals surface area contributed by atoms with Crippen molar-refractivity contribution < 1.29 is 0 Å². The van der Waals surface area contributed by atoms with Gasteiger partial charge >= 0.3 is 0 Å². The highest BCUT2D eigenvalue weighted by Gasteiger charge is 2.17. The van der Waals surface area contributed by atoms with Gasteiger partial charge in [0.25, 0.3) is 0 Å². The zero-order chi connectivity index (χ0) is 15.4. The van der Waals surface area contributed by atoms with Crippen molar-refractivity contribution in [3.8, 4) is 34.9 Å². The van der Waals surface area contributed by atoms with Crippen molar-refractivity contribution in [2.24, 2.45) is 0 Å². The second-order valence-corrected chi connectivity index (χ2v) is 4.27. The van der Waals surface area contributed by atoms with Gasteiger partial charge in [-0.2, -0.15) is 10.5 Å². The number of nitriles is 2. The van der Waals surface area contributed by atoms with Crippen LogP contribution in [0.4, 0.5) is 0 Å². The number of aromatic nitrogens is 4. The summed E-state index contributed by atoms with van der Waals surface area (Å²) in [5.41, 5.74) is 1.79. The molecule has 0 aliphatic heterocycles. The Morgan fingerprint density at radius 1 is 0.682 bits per heavy atom. The third-order valence-corrected chi connectivity index (χ3v) is 2.92. The fourth-order valence-electron chi connectivity index (χ4n) is 1.95. The van der Waals surface area contributed by atoms with Gasteiger partial charge in [-0.15, -0.1) is 0 Å². The molecule has 22 heavy (non-hydrogen) atoms. The van der Waals surface area contributed by atoms with Crippen LogP contribution < -0.4 is 0 Å². The standard InChI is InChI=1S/C16H8N6/c17-9-13-15(11-5-1-3-7-19-11)21-14(10-18)16(22-13)12-6-2-4-8-20-12/h1-8H. The summed E-state index contributed by atoms with van der Waals surface area (Å²) >= 11 is 0. The Balaban J connectivity index is 2.25. The van der Waals surface area contributed by atoms with Crippen LogP contribution >= 0.6 is 0 Å². The van der Waals surface area contributed by atoms with Gasteiger partial charge in [-0.25, -0.2) is 9.97 Å². The SMILES string of the molecule is N#Cc1nc(-c2ccccn2)c(C#N)nc1-c1ccccn1. The lowest BCUT2D eigenvalue weighted by molar-refractivity contribution is 1.11. The third kappa shape index (κ3) is 2.37. The van der Waals surface area contributed by atoms with Gasteiger partial charge in [-0.3, -0.25) is 9.97 Å². The molecular formula is C16H8N6. The lowest BCUT2D eigenvalue weighted by Crippen LogP contribution is -2.02. The normalized spacial score (nSPS) is 9.73. The average molecular weight is 284 g/mol. The maximum absolute atomic E-state index is 9.33. The fraction of sp³-hybridized carbons (Fsp3) is 0. The molecule has 102 valence electrons. The maximum atomic E-state index is 9.33. The Morgan fingerprint density at radius 2 is 1.14 bits per heavy atom. The van der Waals surface area contributed by atoms with E-state index in [1.165, 1.54) is 0 Å². The molecule has 6 heteroatoms. The maximum Gasteiger partial charge on any atom is 0.169 e. The Morgan fingerprint density at radius 3 is 1.45 bits per heavy atom. The van der Waals surface area contributed by atoms with Gasteiger partial charge < -0.3 is 0 Å². The molecular weight excluding hydrogens is 276 g/mol. The van der Waals surface area contributed by atoms with Crippen LogP contribution in [0.3, 0.4) is 0 Å². The molecule has 0 aliphatic rings. The molecule has 0 bridgehead atoms. The van der Waals surface area contributed by atoms with Crippen LogP contribution in [-0.2, 0) is 0 Å². The van der Waals surface area contributed by atoms with E-state index in [0.717, 1.165) is 0 Å². The first kappa shape index (κ1) is 13.3. The minimum Gasteiger partial charge on any atom is -0.255 e. The molecule has 0 saturated carbocycles. The molecule has 0 atom stereocenters. The van der Waals surface area contributed by atoms with Gasteiger partial charge in [-0.05, 0) is 24.3 Å². The van der Waals surface area contributed by atoms with E-state index in [4.69, 9.17) is 0 Å². The Bertz CT molecular complexity index is 814. The second-order valence-electron chi connectivity index (χ2n) is 4.27. The topological polar surface area (TPSA) is 99.1 Å². The van der Waals surface area contributed by atoms with E-state index in [1.807, 2.05) is 12.1 Å². The molecule has 0 aliphatic carbocycles. The van der Waals surface area contributed by atoms with Gasteiger partial charge in [-0.1, -0.05) is 12.1 Å². The summed E-state index contributed by atoms with van der Waals surface area (Å²) in [7, 11) is 0. The smallest absolute Gasteiger partial charge is 0.169 e. The molecule has 0 fully saturated rings. The summed E-state index contributed by atoms with van der Waals surface area (Å²) < 4.78 is 0. The van der Waals surface area contributed by atoms with Crippen LogP contribution in [0.15, 0.2) is 48.8 Å². The van der Waals surface area contributed by atoms with E-state index in [1.54, 1.807) is 48.8 Å². The van der Waals surface area contributed by atoms with Gasteiger partial charge in [0, 0.05) is 12.4 Å². The summed E-state index contributed by atoms with van der Waals surface area (Å²) in [6.07, 6.45) is 3.19. The number of hydrogen-bond donors (Lipinski definition) is 0. The van der Waals surface area contributed by atoms with Crippen molar-refractivity contribution in [2.75, 3.05) is 0 Å². The average Bonchev–Trinajstić information content (AvgIpc) is 2.62. The van der Waals surface area contributed by atoms with Crippen LogP contribution in [0.2, 0.25) is 0 Å². The number of rotatable bonds is 2. The highest BCUT2D eigenvalue weighted by atomic mass is 14.9. The number of hydrogen-bond acceptors (Lipinski definition) is 6. The van der Waals surface area contributed by atoms with Crippen molar-refractivity contribution >= 4 is 0 Å². The lowest BCUT2D eigenvalue weighted by Gasteiger charge is -2.06. The highest BCUT2D eigenvalue weighted by Crippen LogP contribution is 2.24. The van der Waals surface area contributed by atoms with Crippen LogP contribution in [0, 0.1) is 22.7 Å². The zero-order valence-corrected chi connectivity index (χ0v) is 11.3. The fourth-order valence-corrected chi connectivity index (χ4v) is 1.95. The largest absolute Gasteiger partial charge is 0.255 e. The molecule has 0 aromatic carbocycles. The van der Waals surface area contributed by atoms with Gasteiger partial charge in [0.1, 0.15) is 23.5 Å². The van der Waals surface area contributed by atoms with Crippen LogP contribution in [0.5, 0.6) is 0 Å². The van der Waals surface area contributed by atoms with Gasteiger partial charge in [0.15, 0.2) is 11.4 Å². The monoisotopic (exact) mass is 284 g/mol. The predicted octanol–water partition coefficient (Wildman–Crippen LogP) is 2.34. The van der Waals surface area contributed by atoms with Crippen molar-refractivity contribution in [1.29, 1.82) is 10.5 Å². The first-order valence-electron chi connectivity index (χ1n) is 6.38. The van der Waals surface area contributed by atoms with Crippen LogP contribution in [0.1, 0.15) is 11.4 Å². The molecule has 0 radical (unpaired) electrons. The molecule has 3 aromatic rings. The Hall–Kier alpha value is -3.64. The van der Waals surface area contributed by atoms with E-state index < -0.39 is 0 Å². The molecule has 0 saturated heterocycles. The summed E-state index contributed by atoms with van der Waals surface area (Å²) in [4.78, 5) is 16.8. The van der Waals surface area contributed by atoms with E-state index in [2.05, 4.69) is 19.9 Å².